The molecule has 4 aromatic carbocycles. The Morgan fingerprint density at radius 1 is 0.500 bits per heavy atom. The zero-order chi connectivity index (χ0) is 31.0. The zero-order valence-corrected chi connectivity index (χ0v) is 25.4. The largest absolute Gasteiger partial charge is 0.255 e. The van der Waals surface area contributed by atoms with Crippen molar-refractivity contribution in [3.05, 3.63) is 151 Å². The van der Waals surface area contributed by atoms with Crippen LogP contribution in [0.15, 0.2) is 128 Å². The van der Waals surface area contributed by atoms with Gasteiger partial charge in [-0.15, -0.1) is 0 Å². The molecule has 0 aliphatic heterocycles. The van der Waals surface area contributed by atoms with Crippen molar-refractivity contribution in [1.82, 2.24) is 24.9 Å². The first-order valence-corrected chi connectivity index (χ1v) is 15.2. The Morgan fingerprint density at radius 3 is 2.07 bits per heavy atom. The minimum Gasteiger partial charge on any atom is -0.255 e. The summed E-state index contributed by atoms with van der Waals surface area (Å²) < 4.78 is 0. The highest BCUT2D eigenvalue weighted by Crippen LogP contribution is 2.35. The van der Waals surface area contributed by atoms with Gasteiger partial charge in [-0.2, -0.15) is 0 Å². The molecule has 8 aromatic rings. The molecule has 5 nitrogen and oxygen atoms in total. The third kappa shape index (κ3) is 5.12. The van der Waals surface area contributed by atoms with Gasteiger partial charge in [0.15, 0.2) is 5.82 Å². The third-order valence-electron chi connectivity index (χ3n) is 8.14. The molecule has 0 radical (unpaired) electrons. The number of hydrogen-bond donors (Lipinski definition) is 0. The zero-order valence-electron chi connectivity index (χ0n) is 25.4. The van der Waals surface area contributed by atoms with Crippen molar-refractivity contribution in [1.29, 1.82) is 0 Å². The third-order valence-corrected chi connectivity index (χ3v) is 8.14. The first kappa shape index (κ1) is 27.3. The van der Waals surface area contributed by atoms with E-state index in [-0.39, 0.29) is 0 Å². The van der Waals surface area contributed by atoms with Gasteiger partial charge in [-0.05, 0) is 96.8 Å². The van der Waals surface area contributed by atoms with E-state index in [1.54, 1.807) is 6.20 Å². The van der Waals surface area contributed by atoms with Crippen LogP contribution in [0.2, 0.25) is 0 Å². The fraction of sp³-hybridized carbons (Fsp3) is 0.0488. The van der Waals surface area contributed by atoms with E-state index >= 15 is 0 Å². The van der Waals surface area contributed by atoms with E-state index in [0.717, 1.165) is 83.7 Å². The second kappa shape index (κ2) is 11.4. The minimum atomic E-state index is 0.618. The summed E-state index contributed by atoms with van der Waals surface area (Å²) in [7, 11) is 0. The molecule has 216 valence electrons. The van der Waals surface area contributed by atoms with Crippen molar-refractivity contribution in [2.75, 3.05) is 0 Å². The van der Waals surface area contributed by atoms with Gasteiger partial charge in [0, 0.05) is 39.5 Å². The van der Waals surface area contributed by atoms with Crippen LogP contribution in [0.4, 0.5) is 0 Å². The van der Waals surface area contributed by atoms with E-state index in [1.807, 2.05) is 62.4 Å². The Kier molecular flexibility index (Phi) is 6.74. The molecule has 0 saturated heterocycles. The smallest absolute Gasteiger partial charge is 0.161 e. The highest BCUT2D eigenvalue weighted by atomic mass is 14.9. The topological polar surface area (TPSA) is 64.5 Å². The van der Waals surface area contributed by atoms with E-state index < -0.39 is 0 Å². The number of hydrogen-bond acceptors (Lipinski definition) is 5. The lowest BCUT2D eigenvalue weighted by molar-refractivity contribution is 1.16. The fourth-order valence-corrected chi connectivity index (χ4v) is 5.92. The van der Waals surface area contributed by atoms with E-state index in [2.05, 4.69) is 89.9 Å². The van der Waals surface area contributed by atoms with Crippen LogP contribution in [-0.4, -0.2) is 24.9 Å². The molecule has 0 aliphatic carbocycles. The molecular formula is C41H27N5. The second-order valence-electron chi connectivity index (χ2n) is 11.4. The van der Waals surface area contributed by atoms with Crippen LogP contribution in [0.25, 0.3) is 78.1 Å². The van der Waals surface area contributed by atoms with Crippen molar-refractivity contribution in [2.45, 2.75) is 13.8 Å². The Hall–Kier alpha value is -6.25. The number of rotatable bonds is 5. The van der Waals surface area contributed by atoms with Gasteiger partial charge in [-0.1, -0.05) is 72.8 Å². The van der Waals surface area contributed by atoms with E-state index in [0.29, 0.717) is 5.82 Å². The predicted molar refractivity (Wildman–Crippen MR) is 185 cm³/mol. The summed E-state index contributed by atoms with van der Waals surface area (Å²) in [6, 6.07) is 47.3. The summed E-state index contributed by atoms with van der Waals surface area (Å²) in [6.07, 6.45) is 1.78. The highest BCUT2D eigenvalue weighted by molar-refractivity contribution is 6.08. The summed E-state index contributed by atoms with van der Waals surface area (Å²) in [4.78, 5) is 24.2. The molecule has 0 unspecified atom stereocenters. The van der Waals surface area contributed by atoms with Crippen molar-refractivity contribution in [2.24, 2.45) is 0 Å². The van der Waals surface area contributed by atoms with E-state index in [4.69, 9.17) is 19.9 Å². The highest BCUT2D eigenvalue weighted by Gasteiger charge is 2.14. The van der Waals surface area contributed by atoms with E-state index in [9.17, 15) is 0 Å². The molecule has 0 saturated carbocycles. The summed E-state index contributed by atoms with van der Waals surface area (Å²) in [5.74, 6) is 0.618. The maximum Gasteiger partial charge on any atom is 0.161 e. The van der Waals surface area contributed by atoms with Crippen molar-refractivity contribution in [3.8, 4) is 56.3 Å². The van der Waals surface area contributed by atoms with Gasteiger partial charge in [0.2, 0.25) is 0 Å². The molecule has 4 aromatic heterocycles. The molecule has 0 atom stereocenters. The Bertz CT molecular complexity index is 2330. The maximum absolute atomic E-state index is 4.99. The first-order valence-electron chi connectivity index (χ1n) is 15.2. The molecule has 4 heterocycles. The van der Waals surface area contributed by atoms with Crippen molar-refractivity contribution in [3.63, 3.8) is 0 Å². The Morgan fingerprint density at radius 2 is 1.26 bits per heavy atom. The van der Waals surface area contributed by atoms with Crippen LogP contribution in [0.1, 0.15) is 11.4 Å². The summed E-state index contributed by atoms with van der Waals surface area (Å²) in [5, 5.41) is 2.18. The molecule has 0 amide bonds. The van der Waals surface area contributed by atoms with Crippen LogP contribution >= 0.6 is 0 Å². The van der Waals surface area contributed by atoms with Crippen molar-refractivity contribution < 1.29 is 0 Å². The molecule has 0 N–H and O–H groups in total. The second-order valence-corrected chi connectivity index (χ2v) is 11.4. The fourth-order valence-electron chi connectivity index (χ4n) is 5.92. The molecule has 0 fully saturated rings. The summed E-state index contributed by atoms with van der Waals surface area (Å²) in [6.45, 7) is 4.07. The Labute approximate surface area is 267 Å². The SMILES string of the molecule is Cc1ccc2ccc3c(-c4cccc(-c5cccc(-c6cc(-c7ccccn7)nc(-c7cc#ccc7)n6)c5)c4)cc(C)nc3c2n1. The van der Waals surface area contributed by atoms with Gasteiger partial charge in [-0.3, -0.25) is 15.0 Å². The lowest BCUT2D eigenvalue weighted by Crippen LogP contribution is -1.96. The molecule has 0 spiro atoms. The molecule has 46 heavy (non-hydrogen) atoms. The predicted octanol–water partition coefficient (Wildman–Crippen LogP) is 9.52. The lowest BCUT2D eigenvalue weighted by Gasteiger charge is -2.13. The lowest BCUT2D eigenvalue weighted by atomic mass is 9.94. The summed E-state index contributed by atoms with van der Waals surface area (Å²) >= 11 is 0. The van der Waals surface area contributed by atoms with Gasteiger partial charge >= 0.3 is 0 Å². The Balaban J connectivity index is 1.23. The standard InChI is InChI=1S/C41H27N5/c1-26-17-18-28-19-20-34-35(22-27(2)44-40(34)39(28)43-26)32-14-8-12-30(23-32)31-13-9-15-33(24-31)37-25-38(36-16-6-7-21-42-36)46-41(45-37)29-10-4-3-5-11-29/h4,6-25H,1-2H3. The molecule has 0 bridgehead atoms. The average Bonchev–Trinajstić information content (AvgIpc) is 3.12. The molecule has 5 heteroatoms. The van der Waals surface area contributed by atoms with Crippen molar-refractivity contribution >= 4 is 21.8 Å². The number of benzene rings is 3. The van der Waals surface area contributed by atoms with E-state index in [1.165, 1.54) is 0 Å². The molecule has 8 rings (SSSR count). The quantitative estimate of drug-likeness (QED) is 0.187. The number of pyridine rings is 3. The number of aromatic nitrogens is 5. The first-order chi connectivity index (χ1) is 22.6. The van der Waals surface area contributed by atoms with Gasteiger partial charge < -0.3 is 0 Å². The van der Waals surface area contributed by atoms with Crippen LogP contribution in [0.5, 0.6) is 0 Å². The monoisotopic (exact) mass is 589 g/mol. The average molecular weight is 590 g/mol. The normalized spacial score (nSPS) is 11.1. The van der Waals surface area contributed by atoms with Gasteiger partial charge in [0.05, 0.1) is 28.1 Å². The minimum absolute atomic E-state index is 0.618. The molecule has 0 aliphatic rings. The van der Waals surface area contributed by atoms with Gasteiger partial charge in [0.25, 0.3) is 0 Å². The maximum atomic E-state index is 4.99. The number of aryl methyl sites for hydroxylation is 2. The van der Waals surface area contributed by atoms with Crippen LogP contribution in [-0.2, 0) is 0 Å². The van der Waals surface area contributed by atoms with Crippen LogP contribution in [0.3, 0.4) is 0 Å². The van der Waals surface area contributed by atoms with Gasteiger partial charge in [0.1, 0.15) is 0 Å². The van der Waals surface area contributed by atoms with Crippen LogP contribution in [0, 0.1) is 26.0 Å². The van der Waals surface area contributed by atoms with Crippen LogP contribution < -0.4 is 0 Å². The molecular weight excluding hydrogens is 562 g/mol. The number of fused-ring (bicyclic) bond motifs is 3. The number of nitrogens with zero attached hydrogens (tertiary/aromatic N) is 5. The van der Waals surface area contributed by atoms with Gasteiger partial charge in [-0.25, -0.2) is 9.97 Å². The summed E-state index contributed by atoms with van der Waals surface area (Å²) in [5.41, 5.74) is 12.5.